The maximum atomic E-state index is 12.8. The molecular formula is C27H23N5O3S. The first-order chi connectivity index (χ1) is 17.5. The zero-order chi connectivity index (χ0) is 25.1. The molecule has 8 nitrogen and oxygen atoms in total. The number of esters is 1. The molecule has 4 heterocycles. The Bertz CT molecular complexity index is 1620. The lowest BCUT2D eigenvalue weighted by Crippen LogP contribution is -2.10. The summed E-state index contributed by atoms with van der Waals surface area (Å²) in [6.07, 6.45) is 9.05. The van der Waals surface area contributed by atoms with Crippen molar-refractivity contribution < 1.29 is 9.53 Å². The predicted octanol–water partition coefficient (Wildman–Crippen LogP) is 4.95. The Kier molecular flexibility index (Phi) is 6.55. The quantitative estimate of drug-likeness (QED) is 0.319. The summed E-state index contributed by atoms with van der Waals surface area (Å²) in [5.41, 5.74) is 3.94. The van der Waals surface area contributed by atoms with Gasteiger partial charge in [-0.25, -0.2) is 9.78 Å². The monoisotopic (exact) mass is 497 g/mol. The molecule has 0 saturated heterocycles. The maximum Gasteiger partial charge on any atom is 0.348 e. The van der Waals surface area contributed by atoms with E-state index in [1.54, 1.807) is 32.3 Å². The highest BCUT2D eigenvalue weighted by atomic mass is 32.1. The maximum absolute atomic E-state index is 12.8. The topological polar surface area (TPSA) is 103 Å². The number of ether oxygens (including phenoxy) is 1. The van der Waals surface area contributed by atoms with Crippen LogP contribution < -0.4 is 5.56 Å². The molecule has 0 unspecified atom stereocenters. The number of aromatic nitrogens is 5. The lowest BCUT2D eigenvalue weighted by atomic mass is 10.1. The first-order valence-electron chi connectivity index (χ1n) is 11.4. The van der Waals surface area contributed by atoms with Gasteiger partial charge in [0.1, 0.15) is 21.2 Å². The van der Waals surface area contributed by atoms with Crippen LogP contribution in [-0.4, -0.2) is 37.3 Å². The van der Waals surface area contributed by atoms with Crippen molar-refractivity contribution in [3.8, 4) is 11.3 Å². The van der Waals surface area contributed by atoms with Crippen LogP contribution in [-0.2, 0) is 11.3 Å². The van der Waals surface area contributed by atoms with E-state index >= 15 is 0 Å². The van der Waals surface area contributed by atoms with Crippen LogP contribution in [0.3, 0.4) is 0 Å². The first kappa shape index (κ1) is 23.4. The molecule has 0 bridgehead atoms. The summed E-state index contributed by atoms with van der Waals surface area (Å²) in [5.74, 6) is -0.0569. The van der Waals surface area contributed by atoms with E-state index in [0.29, 0.717) is 33.0 Å². The van der Waals surface area contributed by atoms with Crippen molar-refractivity contribution in [2.75, 3.05) is 6.61 Å². The van der Waals surface area contributed by atoms with Crippen molar-refractivity contribution in [1.29, 1.82) is 0 Å². The van der Waals surface area contributed by atoms with E-state index < -0.39 is 5.97 Å². The average Bonchev–Trinajstić information content (AvgIpc) is 3.45. The van der Waals surface area contributed by atoms with Gasteiger partial charge in [-0.2, -0.15) is 5.10 Å². The van der Waals surface area contributed by atoms with Gasteiger partial charge >= 0.3 is 5.97 Å². The van der Waals surface area contributed by atoms with Crippen molar-refractivity contribution in [2.24, 2.45) is 0 Å². The van der Waals surface area contributed by atoms with Crippen LogP contribution in [0.4, 0.5) is 0 Å². The van der Waals surface area contributed by atoms with E-state index in [2.05, 4.69) is 27.1 Å². The zero-order valence-electron chi connectivity index (χ0n) is 19.8. The molecule has 0 amide bonds. The van der Waals surface area contributed by atoms with Crippen molar-refractivity contribution in [1.82, 2.24) is 24.7 Å². The number of hydrogen-bond acceptors (Lipinski definition) is 7. The third-order valence-electron chi connectivity index (χ3n) is 5.61. The molecule has 9 heteroatoms. The minimum absolute atomic E-state index is 0.265. The van der Waals surface area contributed by atoms with E-state index in [0.717, 1.165) is 33.7 Å². The molecule has 0 radical (unpaired) electrons. The van der Waals surface area contributed by atoms with Crippen LogP contribution in [0.5, 0.6) is 0 Å². The SMILES string of the molecule is CCOC(=O)c1sc2nc(/C=C/c3cn(Cc4ccccc4)nc3-c3cccnc3)[nH]c(=O)c2c1C. The number of nitrogens with one attached hydrogen (secondary N) is 1. The summed E-state index contributed by atoms with van der Waals surface area (Å²) in [7, 11) is 0. The van der Waals surface area contributed by atoms with Crippen LogP contribution in [0.25, 0.3) is 33.6 Å². The predicted molar refractivity (Wildman–Crippen MR) is 141 cm³/mol. The summed E-state index contributed by atoms with van der Waals surface area (Å²) in [5, 5.41) is 5.20. The molecule has 0 spiro atoms. The number of hydrogen-bond donors (Lipinski definition) is 1. The van der Waals surface area contributed by atoms with E-state index in [4.69, 9.17) is 9.84 Å². The summed E-state index contributed by atoms with van der Waals surface area (Å²) in [6, 6.07) is 13.9. The van der Waals surface area contributed by atoms with E-state index in [1.807, 2.05) is 47.3 Å². The van der Waals surface area contributed by atoms with Gasteiger partial charge in [0.25, 0.3) is 5.56 Å². The van der Waals surface area contributed by atoms with Crippen LogP contribution in [0.15, 0.2) is 65.8 Å². The van der Waals surface area contributed by atoms with Gasteiger partial charge in [-0.3, -0.25) is 14.5 Å². The normalized spacial score (nSPS) is 11.4. The molecule has 5 rings (SSSR count). The van der Waals surface area contributed by atoms with Gasteiger partial charge in [0, 0.05) is 29.7 Å². The van der Waals surface area contributed by atoms with Crippen LogP contribution in [0.2, 0.25) is 0 Å². The zero-order valence-corrected chi connectivity index (χ0v) is 20.6. The molecule has 5 aromatic rings. The van der Waals surface area contributed by atoms with Gasteiger partial charge in [-0.05, 0) is 49.3 Å². The number of fused-ring (bicyclic) bond motifs is 1. The van der Waals surface area contributed by atoms with Gasteiger partial charge in [0.05, 0.1) is 18.5 Å². The molecule has 0 fully saturated rings. The fraction of sp³-hybridized carbons (Fsp3) is 0.148. The molecule has 0 saturated carbocycles. The Hall–Kier alpha value is -4.37. The molecule has 180 valence electrons. The summed E-state index contributed by atoms with van der Waals surface area (Å²) in [6.45, 7) is 4.37. The fourth-order valence-corrected chi connectivity index (χ4v) is 5.02. The second-order valence-corrected chi connectivity index (χ2v) is 9.10. The number of aromatic amines is 1. The third-order valence-corrected chi connectivity index (χ3v) is 6.78. The Labute approximate surface area is 210 Å². The number of aryl methyl sites for hydroxylation is 1. The lowest BCUT2D eigenvalue weighted by Gasteiger charge is -2.01. The minimum Gasteiger partial charge on any atom is -0.462 e. The van der Waals surface area contributed by atoms with E-state index in [9.17, 15) is 9.59 Å². The Morgan fingerprint density at radius 3 is 2.75 bits per heavy atom. The smallest absolute Gasteiger partial charge is 0.348 e. The molecule has 0 atom stereocenters. The Morgan fingerprint density at radius 2 is 2.00 bits per heavy atom. The molecule has 0 aliphatic rings. The summed E-state index contributed by atoms with van der Waals surface area (Å²) >= 11 is 1.16. The van der Waals surface area contributed by atoms with E-state index in [1.165, 1.54) is 0 Å². The number of pyridine rings is 1. The molecule has 4 aromatic heterocycles. The minimum atomic E-state index is -0.443. The molecule has 0 aliphatic heterocycles. The molecule has 0 aliphatic carbocycles. The number of thiophene rings is 1. The van der Waals surface area contributed by atoms with Crippen molar-refractivity contribution in [3.05, 3.63) is 98.8 Å². The molecule has 1 aromatic carbocycles. The molecule has 1 N–H and O–H groups in total. The van der Waals surface area contributed by atoms with Crippen LogP contribution in [0.1, 0.15) is 39.1 Å². The summed E-state index contributed by atoms with van der Waals surface area (Å²) < 4.78 is 7.00. The lowest BCUT2D eigenvalue weighted by molar-refractivity contribution is 0.0531. The largest absolute Gasteiger partial charge is 0.462 e. The van der Waals surface area contributed by atoms with Gasteiger partial charge in [0.2, 0.25) is 0 Å². The van der Waals surface area contributed by atoms with Crippen LogP contribution in [0, 0.1) is 6.92 Å². The number of nitrogens with zero attached hydrogens (tertiary/aromatic N) is 4. The second kappa shape index (κ2) is 10.1. The van der Waals surface area contributed by atoms with Gasteiger partial charge in [-0.15, -0.1) is 11.3 Å². The van der Waals surface area contributed by atoms with Gasteiger partial charge in [-0.1, -0.05) is 30.3 Å². The van der Waals surface area contributed by atoms with Crippen LogP contribution >= 0.6 is 11.3 Å². The average molecular weight is 498 g/mol. The third kappa shape index (κ3) is 4.73. The number of H-pyrrole nitrogens is 1. The number of carbonyl (C=O) groups excluding carboxylic acids is 1. The fourth-order valence-electron chi connectivity index (χ4n) is 3.94. The van der Waals surface area contributed by atoms with E-state index in [-0.39, 0.29) is 12.2 Å². The number of rotatable bonds is 7. The number of carbonyl (C=O) groups is 1. The first-order valence-corrected chi connectivity index (χ1v) is 12.3. The van der Waals surface area contributed by atoms with Crippen molar-refractivity contribution >= 4 is 39.7 Å². The van der Waals surface area contributed by atoms with Gasteiger partial charge < -0.3 is 9.72 Å². The van der Waals surface area contributed by atoms with Crippen molar-refractivity contribution in [2.45, 2.75) is 20.4 Å². The standard InChI is InChI=1S/C27H23N5O3S/c1-3-35-27(34)24-17(2)22-25(33)29-21(30-26(22)36-24)12-11-20-16-32(15-18-8-5-4-6-9-18)31-23(20)19-10-7-13-28-14-19/h4-14,16H,3,15H2,1-2H3,(H,29,30,33)/b12-11+. The van der Waals surface area contributed by atoms with Gasteiger partial charge in [0.15, 0.2) is 0 Å². The highest BCUT2D eigenvalue weighted by Crippen LogP contribution is 2.28. The Balaban J connectivity index is 1.52. The highest BCUT2D eigenvalue weighted by molar-refractivity contribution is 7.20. The Morgan fingerprint density at radius 1 is 1.17 bits per heavy atom. The molecule has 36 heavy (non-hydrogen) atoms. The summed E-state index contributed by atoms with van der Waals surface area (Å²) in [4.78, 5) is 37.6. The second-order valence-electron chi connectivity index (χ2n) is 8.10. The molecular weight excluding hydrogens is 474 g/mol. The number of benzene rings is 1. The van der Waals surface area contributed by atoms with Crippen molar-refractivity contribution in [3.63, 3.8) is 0 Å². The highest BCUT2D eigenvalue weighted by Gasteiger charge is 2.20.